The molecule has 5 heteroatoms. The first-order valence-corrected chi connectivity index (χ1v) is 6.84. The van der Waals surface area contributed by atoms with Crippen LogP contribution in [-0.4, -0.2) is 22.6 Å². The Bertz CT molecular complexity index is 582. The lowest BCUT2D eigenvalue weighted by molar-refractivity contribution is -0.139. The van der Waals surface area contributed by atoms with Gasteiger partial charge in [0.2, 0.25) is 17.7 Å². The molecule has 1 N–H and O–H groups in total. The molecule has 0 saturated carbocycles. The van der Waals surface area contributed by atoms with E-state index in [1.807, 2.05) is 13.8 Å². The van der Waals surface area contributed by atoms with Gasteiger partial charge in [0.05, 0.1) is 6.54 Å². The van der Waals surface area contributed by atoms with E-state index in [-0.39, 0.29) is 17.7 Å². The van der Waals surface area contributed by atoms with Crippen LogP contribution in [0.3, 0.4) is 0 Å². The Balaban J connectivity index is 1.99. The van der Waals surface area contributed by atoms with E-state index in [1.165, 1.54) is 11.0 Å². The van der Waals surface area contributed by atoms with Crippen molar-refractivity contribution in [2.24, 2.45) is 0 Å². The summed E-state index contributed by atoms with van der Waals surface area (Å²) in [5.41, 5.74) is 2.47. The third-order valence-electron chi connectivity index (χ3n) is 3.14. The zero-order valence-electron chi connectivity index (χ0n) is 12.2. The van der Waals surface area contributed by atoms with Gasteiger partial charge in [0, 0.05) is 24.6 Å². The monoisotopic (exact) mass is 286 g/mol. The molecule has 0 bridgehead atoms. The predicted molar refractivity (Wildman–Crippen MR) is 79.3 cm³/mol. The summed E-state index contributed by atoms with van der Waals surface area (Å²) in [7, 11) is 0. The van der Waals surface area contributed by atoms with Crippen molar-refractivity contribution in [1.29, 1.82) is 0 Å². The first-order chi connectivity index (χ1) is 9.95. The molecular formula is C16H18N2O3. The van der Waals surface area contributed by atoms with E-state index in [9.17, 15) is 14.4 Å². The number of rotatable bonds is 4. The van der Waals surface area contributed by atoms with Crippen LogP contribution in [-0.2, 0) is 20.9 Å². The van der Waals surface area contributed by atoms with E-state index in [0.29, 0.717) is 25.1 Å². The Kier molecular flexibility index (Phi) is 4.52. The van der Waals surface area contributed by atoms with Gasteiger partial charge in [-0.2, -0.15) is 0 Å². The lowest BCUT2D eigenvalue weighted by Crippen LogP contribution is -2.28. The number of hydrogen-bond donors (Lipinski definition) is 1. The van der Waals surface area contributed by atoms with Gasteiger partial charge in [-0.05, 0) is 31.5 Å². The fourth-order valence-corrected chi connectivity index (χ4v) is 2.12. The highest BCUT2D eigenvalue weighted by Crippen LogP contribution is 2.17. The molecule has 1 aromatic rings. The number of allylic oxidation sites excluding steroid dienone is 1. The van der Waals surface area contributed by atoms with E-state index >= 15 is 0 Å². The van der Waals surface area contributed by atoms with Gasteiger partial charge in [-0.1, -0.05) is 17.7 Å². The second-order valence-corrected chi connectivity index (χ2v) is 5.28. The molecule has 0 aliphatic carbocycles. The molecule has 110 valence electrons. The fraction of sp³-hybridized carbons (Fsp3) is 0.312. The molecule has 2 rings (SSSR count). The molecule has 0 aromatic heterocycles. The summed E-state index contributed by atoms with van der Waals surface area (Å²) in [5.74, 6) is -0.422. The molecule has 1 heterocycles. The molecule has 5 nitrogen and oxygen atoms in total. The Hall–Kier alpha value is -2.43. The molecule has 1 aliphatic heterocycles. The molecule has 1 fully saturated rings. The van der Waals surface area contributed by atoms with E-state index in [2.05, 4.69) is 5.32 Å². The van der Waals surface area contributed by atoms with Crippen LogP contribution in [0.2, 0.25) is 0 Å². The Labute approximate surface area is 123 Å². The molecule has 0 unspecified atom stereocenters. The zero-order chi connectivity index (χ0) is 15.4. The minimum Gasteiger partial charge on any atom is -0.323 e. The standard InChI is InChI=1S/C16H18N2O3/c1-11(2)9-14(19)17-13-5-3-12(4-6-13)10-18-15(20)7-8-16(18)21/h3-6,9H,7-8,10H2,1-2H3,(H,17,19). The van der Waals surface area contributed by atoms with Crippen LogP contribution in [0.25, 0.3) is 0 Å². The van der Waals surface area contributed by atoms with Gasteiger partial charge in [0.1, 0.15) is 0 Å². The van der Waals surface area contributed by atoms with Crippen molar-refractivity contribution in [2.75, 3.05) is 5.32 Å². The summed E-state index contributed by atoms with van der Waals surface area (Å²) < 4.78 is 0. The van der Waals surface area contributed by atoms with Crippen LogP contribution < -0.4 is 5.32 Å². The maximum absolute atomic E-state index is 11.6. The minimum absolute atomic E-state index is 0.124. The van der Waals surface area contributed by atoms with Gasteiger partial charge in [0.15, 0.2) is 0 Å². The van der Waals surface area contributed by atoms with Gasteiger partial charge in [-0.3, -0.25) is 19.3 Å². The molecule has 3 amide bonds. The van der Waals surface area contributed by atoms with Crippen molar-refractivity contribution in [1.82, 2.24) is 4.90 Å². The molecule has 1 saturated heterocycles. The number of nitrogens with zero attached hydrogens (tertiary/aromatic N) is 1. The summed E-state index contributed by atoms with van der Waals surface area (Å²) in [4.78, 5) is 36.0. The van der Waals surface area contributed by atoms with Crippen LogP contribution in [0.1, 0.15) is 32.3 Å². The first-order valence-electron chi connectivity index (χ1n) is 6.84. The number of likely N-dealkylation sites (tertiary alicyclic amines) is 1. The average Bonchev–Trinajstić information content (AvgIpc) is 2.72. The van der Waals surface area contributed by atoms with Crippen LogP contribution in [0.4, 0.5) is 5.69 Å². The van der Waals surface area contributed by atoms with Gasteiger partial charge in [0.25, 0.3) is 0 Å². The maximum Gasteiger partial charge on any atom is 0.248 e. The highest BCUT2D eigenvalue weighted by molar-refractivity contribution is 6.02. The van der Waals surface area contributed by atoms with E-state index < -0.39 is 0 Å². The maximum atomic E-state index is 11.6. The SMILES string of the molecule is CC(C)=CC(=O)Nc1ccc(CN2C(=O)CCC2=O)cc1. The Morgan fingerprint density at radius 3 is 2.24 bits per heavy atom. The molecule has 0 radical (unpaired) electrons. The Morgan fingerprint density at radius 2 is 1.71 bits per heavy atom. The predicted octanol–water partition coefficient (Wildman–Crippen LogP) is 2.24. The normalized spacial score (nSPS) is 14.3. The van der Waals surface area contributed by atoms with Crippen molar-refractivity contribution in [3.05, 3.63) is 41.5 Å². The van der Waals surface area contributed by atoms with E-state index in [4.69, 9.17) is 0 Å². The second kappa shape index (κ2) is 6.35. The number of anilines is 1. The number of imide groups is 1. The van der Waals surface area contributed by atoms with Crippen molar-refractivity contribution in [2.45, 2.75) is 33.2 Å². The van der Waals surface area contributed by atoms with Crippen molar-refractivity contribution < 1.29 is 14.4 Å². The van der Waals surface area contributed by atoms with Crippen LogP contribution in [0, 0.1) is 0 Å². The number of carbonyl (C=O) groups excluding carboxylic acids is 3. The average molecular weight is 286 g/mol. The van der Waals surface area contributed by atoms with Crippen molar-refractivity contribution in [3.8, 4) is 0 Å². The smallest absolute Gasteiger partial charge is 0.248 e. The van der Waals surface area contributed by atoms with E-state index in [1.54, 1.807) is 24.3 Å². The van der Waals surface area contributed by atoms with Crippen LogP contribution in [0.5, 0.6) is 0 Å². The van der Waals surface area contributed by atoms with E-state index in [0.717, 1.165) is 11.1 Å². The lowest BCUT2D eigenvalue weighted by atomic mass is 10.2. The number of benzene rings is 1. The van der Waals surface area contributed by atoms with Crippen molar-refractivity contribution >= 4 is 23.4 Å². The fourth-order valence-electron chi connectivity index (χ4n) is 2.12. The zero-order valence-corrected chi connectivity index (χ0v) is 12.2. The van der Waals surface area contributed by atoms with Gasteiger partial charge < -0.3 is 5.32 Å². The van der Waals surface area contributed by atoms with Crippen molar-refractivity contribution in [3.63, 3.8) is 0 Å². The quantitative estimate of drug-likeness (QED) is 0.682. The highest BCUT2D eigenvalue weighted by Gasteiger charge is 2.28. The summed E-state index contributed by atoms with van der Waals surface area (Å²) >= 11 is 0. The lowest BCUT2D eigenvalue weighted by Gasteiger charge is -2.14. The van der Waals surface area contributed by atoms with Gasteiger partial charge in [-0.15, -0.1) is 0 Å². The second-order valence-electron chi connectivity index (χ2n) is 5.28. The summed E-state index contributed by atoms with van der Waals surface area (Å²) in [6.45, 7) is 4.00. The van der Waals surface area contributed by atoms with Crippen LogP contribution >= 0.6 is 0 Å². The van der Waals surface area contributed by atoms with Gasteiger partial charge >= 0.3 is 0 Å². The number of amides is 3. The summed E-state index contributed by atoms with van der Waals surface area (Å²) in [6, 6.07) is 7.13. The van der Waals surface area contributed by atoms with Crippen LogP contribution in [0.15, 0.2) is 35.9 Å². The summed E-state index contributed by atoms with van der Waals surface area (Å²) in [5, 5.41) is 2.75. The first kappa shape index (κ1) is 15.0. The number of carbonyl (C=O) groups is 3. The highest BCUT2D eigenvalue weighted by atomic mass is 16.2. The molecule has 21 heavy (non-hydrogen) atoms. The third kappa shape index (κ3) is 4.02. The molecule has 0 atom stereocenters. The van der Waals surface area contributed by atoms with Gasteiger partial charge in [-0.25, -0.2) is 0 Å². The molecular weight excluding hydrogens is 268 g/mol. The molecule has 1 aliphatic rings. The topological polar surface area (TPSA) is 66.5 Å². The largest absolute Gasteiger partial charge is 0.323 e. The Morgan fingerprint density at radius 1 is 1.14 bits per heavy atom. The molecule has 0 spiro atoms. The minimum atomic E-state index is -0.173. The third-order valence-corrected chi connectivity index (χ3v) is 3.14. The molecule has 1 aromatic carbocycles. The number of nitrogens with one attached hydrogen (secondary N) is 1. The number of hydrogen-bond acceptors (Lipinski definition) is 3. The summed E-state index contributed by atoms with van der Waals surface area (Å²) in [6.07, 6.45) is 2.13.